The quantitative estimate of drug-likeness (QED) is 0.327. The zero-order valence-corrected chi connectivity index (χ0v) is 20.3. The summed E-state index contributed by atoms with van der Waals surface area (Å²) in [5, 5.41) is 5.16. The van der Waals surface area contributed by atoms with Gasteiger partial charge in [-0.15, -0.1) is 0 Å². The smallest absolute Gasteiger partial charge is 0.329 e. The number of ether oxygens (including phenoxy) is 1. The molecule has 1 saturated heterocycles. The topological polar surface area (TPSA) is 87.7 Å². The fourth-order valence-corrected chi connectivity index (χ4v) is 3.87. The molecule has 0 radical (unpaired) electrons. The SMILES string of the molecule is Cc1ccc(NC(=O)CN2C(=O)N/C(=C/c3ccc(OCc4ccccc4F)c(Br)c3)C2=O)cc1. The number of nitrogens with zero attached hydrogens (tertiary/aromatic N) is 1. The molecular weight excluding hydrogens is 517 g/mol. The lowest BCUT2D eigenvalue weighted by molar-refractivity contribution is -0.127. The standard InChI is InChI=1S/C26H21BrFN3O4/c1-16-6-9-19(10-7-16)29-24(32)14-31-25(33)22(30-26(31)34)13-17-8-11-23(20(27)12-17)35-15-18-4-2-3-5-21(18)28/h2-13H,14-15H2,1H3,(H,29,32)(H,30,34)/b22-13+. The number of amides is 4. The second-order valence-corrected chi connectivity index (χ2v) is 8.72. The van der Waals surface area contributed by atoms with E-state index in [1.54, 1.807) is 48.5 Å². The Hall–Kier alpha value is -3.98. The summed E-state index contributed by atoms with van der Waals surface area (Å²) in [6.45, 7) is 1.57. The minimum absolute atomic E-state index is 0.0464. The largest absolute Gasteiger partial charge is 0.488 e. The van der Waals surface area contributed by atoms with Crippen molar-refractivity contribution in [2.24, 2.45) is 0 Å². The van der Waals surface area contributed by atoms with Crippen LogP contribution in [-0.4, -0.2) is 29.3 Å². The second kappa shape index (κ2) is 10.5. The Kier molecular flexibility index (Phi) is 7.26. The van der Waals surface area contributed by atoms with Gasteiger partial charge < -0.3 is 15.4 Å². The minimum atomic E-state index is -0.677. The van der Waals surface area contributed by atoms with Crippen LogP contribution in [0.4, 0.5) is 14.9 Å². The number of carbonyl (C=O) groups is 3. The first-order valence-corrected chi connectivity index (χ1v) is 11.5. The van der Waals surface area contributed by atoms with Gasteiger partial charge in [-0.3, -0.25) is 9.59 Å². The first-order chi connectivity index (χ1) is 16.8. The van der Waals surface area contributed by atoms with Crippen LogP contribution < -0.4 is 15.4 Å². The predicted molar refractivity (Wildman–Crippen MR) is 133 cm³/mol. The number of nitrogens with one attached hydrogen (secondary N) is 2. The Labute approximate surface area is 209 Å². The van der Waals surface area contributed by atoms with E-state index in [-0.39, 0.29) is 18.1 Å². The third-order valence-electron chi connectivity index (χ3n) is 5.21. The van der Waals surface area contributed by atoms with Crippen molar-refractivity contribution in [2.75, 3.05) is 11.9 Å². The molecule has 178 valence electrons. The monoisotopic (exact) mass is 537 g/mol. The molecule has 1 aliphatic rings. The van der Waals surface area contributed by atoms with E-state index in [2.05, 4.69) is 26.6 Å². The van der Waals surface area contributed by atoms with Crippen molar-refractivity contribution in [3.63, 3.8) is 0 Å². The molecule has 35 heavy (non-hydrogen) atoms. The van der Waals surface area contributed by atoms with Crippen LogP contribution >= 0.6 is 15.9 Å². The average molecular weight is 538 g/mol. The van der Waals surface area contributed by atoms with Gasteiger partial charge in [0, 0.05) is 11.3 Å². The van der Waals surface area contributed by atoms with Gasteiger partial charge in [0.25, 0.3) is 5.91 Å². The van der Waals surface area contributed by atoms with Crippen molar-refractivity contribution in [3.05, 3.63) is 99.4 Å². The highest BCUT2D eigenvalue weighted by Crippen LogP contribution is 2.28. The van der Waals surface area contributed by atoms with Crippen LogP contribution in [0.25, 0.3) is 6.08 Å². The summed E-state index contributed by atoms with van der Waals surface area (Å²) in [6, 6.07) is 17.9. The zero-order valence-electron chi connectivity index (χ0n) is 18.7. The summed E-state index contributed by atoms with van der Waals surface area (Å²) in [5.74, 6) is -0.952. The van der Waals surface area contributed by atoms with Gasteiger partial charge in [0.05, 0.1) is 4.47 Å². The summed E-state index contributed by atoms with van der Waals surface area (Å²) in [7, 11) is 0. The molecule has 1 heterocycles. The molecule has 3 aromatic rings. The molecule has 9 heteroatoms. The van der Waals surface area contributed by atoms with Crippen LogP contribution in [0.5, 0.6) is 5.75 Å². The Bertz CT molecular complexity index is 1320. The molecular formula is C26H21BrFN3O4. The van der Waals surface area contributed by atoms with E-state index in [0.29, 0.717) is 27.0 Å². The summed E-state index contributed by atoms with van der Waals surface area (Å²) >= 11 is 3.41. The number of rotatable bonds is 7. The molecule has 4 rings (SSSR count). The van der Waals surface area contributed by atoms with E-state index >= 15 is 0 Å². The van der Waals surface area contributed by atoms with Gasteiger partial charge in [-0.25, -0.2) is 14.1 Å². The summed E-state index contributed by atoms with van der Waals surface area (Å²) in [4.78, 5) is 38.2. The van der Waals surface area contributed by atoms with Gasteiger partial charge in [0.1, 0.15) is 30.4 Å². The van der Waals surface area contributed by atoms with E-state index in [1.807, 2.05) is 19.1 Å². The molecule has 0 saturated carbocycles. The molecule has 1 fully saturated rings. The van der Waals surface area contributed by atoms with Crippen LogP contribution in [-0.2, 0) is 16.2 Å². The van der Waals surface area contributed by atoms with E-state index in [0.717, 1.165) is 10.5 Å². The van der Waals surface area contributed by atoms with Crippen molar-refractivity contribution in [1.29, 1.82) is 0 Å². The number of benzene rings is 3. The molecule has 2 N–H and O–H groups in total. The Balaban J connectivity index is 1.40. The number of aryl methyl sites for hydroxylation is 1. The summed E-state index contributed by atoms with van der Waals surface area (Å²) in [5.41, 5.74) is 2.71. The molecule has 7 nitrogen and oxygen atoms in total. The first-order valence-electron chi connectivity index (χ1n) is 10.7. The molecule has 4 amide bonds. The van der Waals surface area contributed by atoms with Crippen LogP contribution in [0.15, 0.2) is 76.9 Å². The minimum Gasteiger partial charge on any atom is -0.488 e. The maximum Gasteiger partial charge on any atom is 0.329 e. The van der Waals surface area contributed by atoms with Crippen molar-refractivity contribution < 1.29 is 23.5 Å². The lowest BCUT2D eigenvalue weighted by Crippen LogP contribution is -2.38. The summed E-state index contributed by atoms with van der Waals surface area (Å²) in [6.07, 6.45) is 1.50. The molecule has 0 aromatic heterocycles. The molecule has 3 aromatic carbocycles. The summed E-state index contributed by atoms with van der Waals surface area (Å²) < 4.78 is 20.1. The van der Waals surface area contributed by atoms with E-state index in [1.165, 1.54) is 12.1 Å². The van der Waals surface area contributed by atoms with E-state index < -0.39 is 24.4 Å². The third kappa shape index (κ3) is 5.93. The Morgan fingerprint density at radius 3 is 2.57 bits per heavy atom. The highest BCUT2D eigenvalue weighted by Gasteiger charge is 2.34. The lowest BCUT2D eigenvalue weighted by atomic mass is 10.2. The average Bonchev–Trinajstić information content (AvgIpc) is 3.08. The number of carbonyl (C=O) groups excluding carboxylic acids is 3. The third-order valence-corrected chi connectivity index (χ3v) is 5.83. The van der Waals surface area contributed by atoms with Gasteiger partial charge in [-0.05, 0) is 64.8 Å². The number of halogens is 2. The molecule has 1 aliphatic heterocycles. The van der Waals surface area contributed by atoms with E-state index in [4.69, 9.17) is 4.74 Å². The van der Waals surface area contributed by atoms with Crippen LogP contribution in [0.3, 0.4) is 0 Å². The van der Waals surface area contributed by atoms with Gasteiger partial charge in [-0.1, -0.05) is 42.0 Å². The molecule has 0 bridgehead atoms. The Morgan fingerprint density at radius 2 is 1.86 bits per heavy atom. The van der Waals surface area contributed by atoms with Crippen molar-refractivity contribution in [3.8, 4) is 5.75 Å². The highest BCUT2D eigenvalue weighted by atomic mass is 79.9. The maximum atomic E-state index is 13.8. The fourth-order valence-electron chi connectivity index (χ4n) is 3.36. The second-order valence-electron chi connectivity index (χ2n) is 7.86. The number of hydrogen-bond donors (Lipinski definition) is 2. The van der Waals surface area contributed by atoms with Crippen molar-refractivity contribution >= 4 is 45.5 Å². The normalized spacial score (nSPS) is 14.3. The Morgan fingerprint density at radius 1 is 1.11 bits per heavy atom. The highest BCUT2D eigenvalue weighted by molar-refractivity contribution is 9.10. The fraction of sp³-hybridized carbons (Fsp3) is 0.115. The van der Waals surface area contributed by atoms with Crippen LogP contribution in [0.1, 0.15) is 16.7 Å². The first kappa shape index (κ1) is 24.2. The van der Waals surface area contributed by atoms with E-state index in [9.17, 15) is 18.8 Å². The number of urea groups is 1. The van der Waals surface area contributed by atoms with Crippen LogP contribution in [0, 0.1) is 12.7 Å². The molecule has 0 spiro atoms. The van der Waals surface area contributed by atoms with Gasteiger partial charge in [-0.2, -0.15) is 0 Å². The number of hydrogen-bond acceptors (Lipinski definition) is 4. The predicted octanol–water partition coefficient (Wildman–Crippen LogP) is 5.01. The number of imide groups is 1. The van der Waals surface area contributed by atoms with Gasteiger partial charge in [0.15, 0.2) is 0 Å². The molecule has 0 atom stereocenters. The molecule has 0 unspecified atom stereocenters. The van der Waals surface area contributed by atoms with Crippen molar-refractivity contribution in [1.82, 2.24) is 10.2 Å². The zero-order chi connectivity index (χ0) is 24.9. The lowest BCUT2D eigenvalue weighted by Gasteiger charge is -2.12. The number of anilines is 1. The van der Waals surface area contributed by atoms with Gasteiger partial charge in [0.2, 0.25) is 5.91 Å². The van der Waals surface area contributed by atoms with Crippen molar-refractivity contribution in [2.45, 2.75) is 13.5 Å². The van der Waals surface area contributed by atoms with Gasteiger partial charge >= 0.3 is 6.03 Å². The molecule has 0 aliphatic carbocycles. The maximum absolute atomic E-state index is 13.8. The van der Waals surface area contributed by atoms with Crippen LogP contribution in [0.2, 0.25) is 0 Å².